The van der Waals surface area contributed by atoms with Crippen molar-refractivity contribution in [3.05, 3.63) is 17.0 Å². The molecule has 0 spiro atoms. The summed E-state index contributed by atoms with van der Waals surface area (Å²) in [7, 11) is 0. The van der Waals surface area contributed by atoms with E-state index in [-0.39, 0.29) is 11.8 Å². The van der Waals surface area contributed by atoms with Crippen molar-refractivity contribution < 1.29 is 9.63 Å². The molecule has 0 radical (unpaired) electrons. The van der Waals surface area contributed by atoms with Crippen LogP contribution in [0.4, 0.5) is 0 Å². The Bertz CT molecular complexity index is 340. The Morgan fingerprint density at radius 2 is 1.80 bits per heavy atom. The largest absolute Gasteiger partial charge is 0.384 e. The molecule has 0 aliphatic heterocycles. The number of aliphatic hydroxyl groups is 1. The van der Waals surface area contributed by atoms with Gasteiger partial charge in [-0.05, 0) is 38.5 Å². The monoisotopic (exact) mass is 209 g/mol. The molecular weight excluding hydrogens is 190 g/mol. The van der Waals surface area contributed by atoms with Crippen LogP contribution >= 0.6 is 0 Å². The smallest absolute Gasteiger partial charge is 0.140 e. The van der Waals surface area contributed by atoms with Crippen LogP contribution in [0.15, 0.2) is 4.52 Å². The molecule has 1 aliphatic rings. The molecule has 0 aromatic carbocycles. The molecule has 0 saturated heterocycles. The van der Waals surface area contributed by atoms with Gasteiger partial charge in [0.25, 0.3) is 0 Å². The molecule has 2 rings (SSSR count). The molecule has 15 heavy (non-hydrogen) atoms. The zero-order valence-electron chi connectivity index (χ0n) is 9.87. The van der Waals surface area contributed by atoms with Crippen molar-refractivity contribution in [1.29, 1.82) is 0 Å². The Balaban J connectivity index is 2.53. The first-order valence-electron chi connectivity index (χ1n) is 5.63. The van der Waals surface area contributed by atoms with Crippen molar-refractivity contribution in [3.8, 4) is 0 Å². The fraction of sp³-hybridized carbons (Fsp3) is 0.750. The lowest BCUT2D eigenvalue weighted by atomic mass is 9.79. The van der Waals surface area contributed by atoms with Gasteiger partial charge in [0, 0.05) is 5.56 Å². The van der Waals surface area contributed by atoms with Crippen LogP contribution < -0.4 is 0 Å². The minimum atomic E-state index is -0.742. The molecule has 1 saturated carbocycles. The highest BCUT2D eigenvalue weighted by molar-refractivity contribution is 5.31. The zero-order valence-corrected chi connectivity index (χ0v) is 9.87. The van der Waals surface area contributed by atoms with Crippen LogP contribution in [0.25, 0.3) is 0 Å². The number of nitrogens with zero attached hydrogens (tertiary/aromatic N) is 1. The van der Waals surface area contributed by atoms with Crippen LogP contribution in [0, 0.1) is 25.7 Å². The van der Waals surface area contributed by atoms with Crippen LogP contribution in [0.3, 0.4) is 0 Å². The predicted octanol–water partition coefficient (Wildman–Crippen LogP) is 2.55. The Labute approximate surface area is 90.5 Å². The summed E-state index contributed by atoms with van der Waals surface area (Å²) in [5, 5.41) is 14.8. The number of aromatic nitrogens is 1. The summed E-state index contributed by atoms with van der Waals surface area (Å²) < 4.78 is 5.16. The number of hydrogen-bond donors (Lipinski definition) is 1. The molecule has 1 aliphatic carbocycles. The lowest BCUT2D eigenvalue weighted by molar-refractivity contribution is -0.0326. The van der Waals surface area contributed by atoms with Gasteiger partial charge in [-0.25, -0.2) is 0 Å². The second-order valence-electron chi connectivity index (χ2n) is 4.90. The normalized spacial score (nSPS) is 36.1. The maximum atomic E-state index is 10.9. The van der Waals surface area contributed by atoms with E-state index >= 15 is 0 Å². The van der Waals surface area contributed by atoms with Gasteiger partial charge in [-0.15, -0.1) is 0 Å². The van der Waals surface area contributed by atoms with Crippen LogP contribution in [0.1, 0.15) is 43.7 Å². The van der Waals surface area contributed by atoms with Crippen LogP contribution in [0.5, 0.6) is 0 Å². The van der Waals surface area contributed by atoms with Crippen molar-refractivity contribution in [1.82, 2.24) is 5.16 Å². The van der Waals surface area contributed by atoms with Gasteiger partial charge in [-0.3, -0.25) is 0 Å². The first-order chi connectivity index (χ1) is 6.98. The minimum Gasteiger partial charge on any atom is -0.384 e. The van der Waals surface area contributed by atoms with Gasteiger partial charge >= 0.3 is 0 Å². The molecular formula is C12H19NO2. The minimum absolute atomic E-state index is 0.282. The van der Waals surface area contributed by atoms with Gasteiger partial charge in [-0.1, -0.05) is 19.0 Å². The predicted molar refractivity (Wildman–Crippen MR) is 57.4 cm³/mol. The van der Waals surface area contributed by atoms with Gasteiger partial charge in [-0.2, -0.15) is 0 Å². The van der Waals surface area contributed by atoms with Crippen molar-refractivity contribution >= 4 is 0 Å². The van der Waals surface area contributed by atoms with Crippen molar-refractivity contribution in [2.24, 2.45) is 11.8 Å². The summed E-state index contributed by atoms with van der Waals surface area (Å²) in [5.74, 6) is 1.32. The van der Waals surface area contributed by atoms with Crippen molar-refractivity contribution in [2.45, 2.75) is 46.1 Å². The maximum Gasteiger partial charge on any atom is 0.140 e. The molecule has 0 amide bonds. The first-order valence-corrected chi connectivity index (χ1v) is 5.63. The lowest BCUT2D eigenvalue weighted by Gasteiger charge is -2.32. The molecule has 1 aromatic rings. The highest BCUT2D eigenvalue weighted by Crippen LogP contribution is 2.49. The van der Waals surface area contributed by atoms with E-state index in [1.165, 1.54) is 0 Å². The second-order valence-corrected chi connectivity index (χ2v) is 4.90. The summed E-state index contributed by atoms with van der Waals surface area (Å²) in [6.45, 7) is 8.00. The van der Waals surface area contributed by atoms with Crippen LogP contribution in [-0.4, -0.2) is 10.3 Å². The number of aryl methyl sites for hydroxylation is 2. The van der Waals surface area contributed by atoms with E-state index in [9.17, 15) is 5.11 Å². The SMILES string of the molecule is Cc1noc(C)c1C1(O)[C@H](C)CC[C@@H]1C. The van der Waals surface area contributed by atoms with Crippen molar-refractivity contribution in [2.75, 3.05) is 0 Å². The van der Waals surface area contributed by atoms with E-state index in [0.717, 1.165) is 29.9 Å². The molecule has 84 valence electrons. The van der Waals surface area contributed by atoms with Crippen LogP contribution in [0.2, 0.25) is 0 Å². The Kier molecular flexibility index (Phi) is 2.38. The fourth-order valence-corrected chi connectivity index (χ4v) is 2.97. The third-order valence-electron chi connectivity index (χ3n) is 3.97. The van der Waals surface area contributed by atoms with E-state index in [1.807, 2.05) is 13.8 Å². The standard InChI is InChI=1S/C12H19NO2/c1-7-5-6-8(2)12(7,14)11-9(3)13-15-10(11)4/h7-8,14H,5-6H2,1-4H3/t7-,8+,12?. The zero-order chi connectivity index (χ0) is 11.2. The first kappa shape index (κ1) is 10.7. The third kappa shape index (κ3) is 1.33. The number of hydrogen-bond acceptors (Lipinski definition) is 3. The van der Waals surface area contributed by atoms with E-state index in [1.54, 1.807) is 0 Å². The van der Waals surface area contributed by atoms with E-state index < -0.39 is 5.60 Å². The lowest BCUT2D eigenvalue weighted by Crippen LogP contribution is -2.35. The number of rotatable bonds is 1. The quantitative estimate of drug-likeness (QED) is 0.773. The topological polar surface area (TPSA) is 46.3 Å². The summed E-state index contributed by atoms with van der Waals surface area (Å²) in [6.07, 6.45) is 2.14. The van der Waals surface area contributed by atoms with Gasteiger partial charge < -0.3 is 9.63 Å². The molecule has 3 heteroatoms. The summed E-state index contributed by atoms with van der Waals surface area (Å²) in [4.78, 5) is 0. The average Bonchev–Trinajstić information content (AvgIpc) is 2.63. The second kappa shape index (κ2) is 3.34. The molecule has 1 N–H and O–H groups in total. The molecule has 3 nitrogen and oxygen atoms in total. The molecule has 1 aromatic heterocycles. The summed E-state index contributed by atoms with van der Waals surface area (Å²) in [5.41, 5.74) is 1.00. The van der Waals surface area contributed by atoms with E-state index in [0.29, 0.717) is 0 Å². The van der Waals surface area contributed by atoms with Gasteiger partial charge in [0.1, 0.15) is 5.76 Å². The van der Waals surface area contributed by atoms with Gasteiger partial charge in [0.15, 0.2) is 0 Å². The Hall–Kier alpha value is -0.830. The third-order valence-corrected chi connectivity index (χ3v) is 3.97. The van der Waals surface area contributed by atoms with Crippen LogP contribution in [-0.2, 0) is 5.60 Å². The summed E-state index contributed by atoms with van der Waals surface area (Å²) in [6, 6.07) is 0. The summed E-state index contributed by atoms with van der Waals surface area (Å²) >= 11 is 0. The highest BCUT2D eigenvalue weighted by atomic mass is 16.5. The molecule has 1 heterocycles. The Morgan fingerprint density at radius 3 is 2.20 bits per heavy atom. The van der Waals surface area contributed by atoms with Crippen molar-refractivity contribution in [3.63, 3.8) is 0 Å². The molecule has 1 fully saturated rings. The average molecular weight is 209 g/mol. The molecule has 0 bridgehead atoms. The maximum absolute atomic E-state index is 10.9. The fourth-order valence-electron chi connectivity index (χ4n) is 2.97. The van der Waals surface area contributed by atoms with Gasteiger partial charge in [0.2, 0.25) is 0 Å². The van der Waals surface area contributed by atoms with E-state index in [4.69, 9.17) is 4.52 Å². The highest BCUT2D eigenvalue weighted by Gasteiger charge is 2.48. The Morgan fingerprint density at radius 1 is 1.27 bits per heavy atom. The molecule has 3 atom stereocenters. The molecule has 1 unspecified atom stereocenters. The van der Waals surface area contributed by atoms with Gasteiger partial charge in [0.05, 0.1) is 11.3 Å². The van der Waals surface area contributed by atoms with E-state index in [2.05, 4.69) is 19.0 Å².